The van der Waals surface area contributed by atoms with Crippen molar-refractivity contribution in [2.75, 3.05) is 5.32 Å². The van der Waals surface area contributed by atoms with E-state index >= 15 is 0 Å². The smallest absolute Gasteiger partial charge is 0.234 e. The molecule has 1 fully saturated rings. The first-order chi connectivity index (χ1) is 10.3. The third-order valence-electron chi connectivity index (χ3n) is 3.90. The van der Waals surface area contributed by atoms with Crippen LogP contribution in [0.15, 0.2) is 36.5 Å². The normalized spacial score (nSPS) is 22.4. The Balaban J connectivity index is 1.64. The van der Waals surface area contributed by atoms with Crippen molar-refractivity contribution < 1.29 is 9.18 Å². The fourth-order valence-electron chi connectivity index (χ4n) is 2.19. The summed E-state index contributed by atoms with van der Waals surface area (Å²) in [5, 5.41) is 6.98. The van der Waals surface area contributed by atoms with Crippen LogP contribution >= 0.6 is 23.2 Å². The Labute approximate surface area is 137 Å². The molecule has 1 aromatic heterocycles. The van der Waals surface area contributed by atoms with E-state index < -0.39 is 9.75 Å². The maximum atomic E-state index is 12.9. The predicted molar refractivity (Wildman–Crippen MR) is 83.5 cm³/mol. The quantitative estimate of drug-likeness (QED) is 0.863. The zero-order valence-electron chi connectivity index (χ0n) is 11.8. The highest BCUT2D eigenvalue weighted by atomic mass is 35.5. The van der Waals surface area contributed by atoms with Crippen LogP contribution in [0.5, 0.6) is 0 Å². The van der Waals surface area contributed by atoms with Crippen LogP contribution in [0.2, 0.25) is 0 Å². The number of carbonyl (C=O) groups excluding carboxylic acids is 1. The van der Waals surface area contributed by atoms with Crippen LogP contribution in [0, 0.1) is 11.2 Å². The summed E-state index contributed by atoms with van der Waals surface area (Å²) in [6, 6.07) is 7.87. The molecule has 2 aromatic rings. The van der Waals surface area contributed by atoms with E-state index in [2.05, 4.69) is 10.4 Å². The van der Waals surface area contributed by atoms with Gasteiger partial charge < -0.3 is 5.32 Å². The van der Waals surface area contributed by atoms with Crippen LogP contribution in [0.3, 0.4) is 0 Å². The Kier molecular flexibility index (Phi) is 3.65. The van der Waals surface area contributed by atoms with Gasteiger partial charge in [-0.15, -0.1) is 23.2 Å². The summed E-state index contributed by atoms with van der Waals surface area (Å²) in [6.07, 6.45) is 2.16. The average molecular weight is 342 g/mol. The average Bonchev–Trinajstić information content (AvgIpc) is 2.80. The van der Waals surface area contributed by atoms with Crippen LogP contribution in [0.25, 0.3) is 0 Å². The molecule has 1 unspecified atom stereocenters. The Bertz CT molecular complexity index is 714. The Hall–Kier alpha value is -1.59. The van der Waals surface area contributed by atoms with Gasteiger partial charge in [0.2, 0.25) is 5.91 Å². The second-order valence-corrected chi connectivity index (χ2v) is 7.18. The van der Waals surface area contributed by atoms with Gasteiger partial charge in [0.05, 0.1) is 12.0 Å². The molecule has 0 spiro atoms. The van der Waals surface area contributed by atoms with Crippen molar-refractivity contribution in [2.45, 2.75) is 24.2 Å². The topological polar surface area (TPSA) is 46.9 Å². The van der Waals surface area contributed by atoms with Gasteiger partial charge >= 0.3 is 0 Å². The van der Waals surface area contributed by atoms with Crippen molar-refractivity contribution in [1.29, 1.82) is 0 Å². The maximum Gasteiger partial charge on any atom is 0.234 e. The molecule has 116 valence electrons. The molecule has 0 bridgehead atoms. The van der Waals surface area contributed by atoms with Crippen molar-refractivity contribution in [2.24, 2.45) is 5.41 Å². The second kappa shape index (κ2) is 5.25. The molecule has 0 radical (unpaired) electrons. The number of carbonyl (C=O) groups is 1. The molecule has 22 heavy (non-hydrogen) atoms. The molecule has 1 aliphatic rings. The molecule has 1 aliphatic carbocycles. The standard InChI is InChI=1S/C15H14Cl2FN3O/c1-14(9-15(14,16)17)13(22)19-12-6-7-21(20-12)8-10-2-4-11(18)5-3-10/h2-7H,8-9H2,1H3,(H,19,20,22). The molecule has 0 saturated heterocycles. The van der Waals surface area contributed by atoms with Crippen molar-refractivity contribution in [3.05, 3.63) is 47.9 Å². The van der Waals surface area contributed by atoms with E-state index in [0.717, 1.165) is 5.56 Å². The highest BCUT2D eigenvalue weighted by Crippen LogP contribution is 2.64. The number of alkyl halides is 2. The number of hydrogen-bond donors (Lipinski definition) is 1. The molecule has 1 aromatic carbocycles. The third-order valence-corrected chi connectivity index (χ3v) is 5.00. The van der Waals surface area contributed by atoms with Gasteiger partial charge in [-0.25, -0.2) is 4.39 Å². The zero-order valence-corrected chi connectivity index (χ0v) is 13.3. The van der Waals surface area contributed by atoms with Gasteiger partial charge in [-0.2, -0.15) is 5.10 Å². The lowest BCUT2D eigenvalue weighted by molar-refractivity contribution is -0.120. The van der Waals surface area contributed by atoms with E-state index in [1.807, 2.05) is 0 Å². The number of nitrogens with one attached hydrogen (secondary N) is 1. The highest BCUT2D eigenvalue weighted by Gasteiger charge is 2.68. The first kappa shape index (κ1) is 15.3. The van der Waals surface area contributed by atoms with Gasteiger partial charge in [0, 0.05) is 12.3 Å². The molecule has 0 aliphatic heterocycles. The molecule has 1 amide bonds. The van der Waals surface area contributed by atoms with Gasteiger partial charge in [0.25, 0.3) is 0 Å². The Morgan fingerprint density at radius 3 is 2.59 bits per heavy atom. The van der Waals surface area contributed by atoms with Crippen LogP contribution in [-0.4, -0.2) is 20.0 Å². The maximum absolute atomic E-state index is 12.9. The summed E-state index contributed by atoms with van der Waals surface area (Å²) < 4.78 is 13.5. The number of aromatic nitrogens is 2. The number of anilines is 1. The predicted octanol–water partition coefficient (Wildman–Crippen LogP) is 3.59. The highest BCUT2D eigenvalue weighted by molar-refractivity contribution is 6.53. The summed E-state index contributed by atoms with van der Waals surface area (Å²) in [5.41, 5.74) is 0.133. The number of benzene rings is 1. The molecule has 1 saturated carbocycles. The molecule has 1 atom stereocenters. The van der Waals surface area contributed by atoms with Crippen LogP contribution in [-0.2, 0) is 11.3 Å². The second-order valence-electron chi connectivity index (χ2n) is 5.69. The minimum Gasteiger partial charge on any atom is -0.309 e. The summed E-state index contributed by atoms with van der Waals surface area (Å²) in [5.74, 6) is -0.0885. The van der Waals surface area contributed by atoms with E-state index in [-0.39, 0.29) is 11.7 Å². The minimum atomic E-state index is -1.01. The molecule has 7 heteroatoms. The van der Waals surface area contributed by atoms with Gasteiger partial charge in [0.15, 0.2) is 5.82 Å². The molecule has 4 nitrogen and oxygen atoms in total. The van der Waals surface area contributed by atoms with Crippen LogP contribution < -0.4 is 5.32 Å². The Morgan fingerprint density at radius 1 is 1.36 bits per heavy atom. The van der Waals surface area contributed by atoms with Crippen molar-refractivity contribution >= 4 is 34.9 Å². The number of nitrogens with zero attached hydrogens (tertiary/aromatic N) is 2. The van der Waals surface area contributed by atoms with E-state index in [9.17, 15) is 9.18 Å². The SMILES string of the molecule is CC1(C(=O)Nc2ccn(Cc3ccc(F)cc3)n2)CC1(Cl)Cl. The summed E-state index contributed by atoms with van der Waals surface area (Å²) >= 11 is 12.0. The summed E-state index contributed by atoms with van der Waals surface area (Å²) in [7, 11) is 0. The monoisotopic (exact) mass is 341 g/mol. The van der Waals surface area contributed by atoms with Crippen LogP contribution in [0.1, 0.15) is 18.9 Å². The third kappa shape index (κ3) is 2.83. The van der Waals surface area contributed by atoms with E-state index in [1.165, 1.54) is 12.1 Å². The van der Waals surface area contributed by atoms with Crippen molar-refractivity contribution in [3.8, 4) is 0 Å². The van der Waals surface area contributed by atoms with Gasteiger partial charge in [-0.05, 0) is 31.0 Å². The van der Waals surface area contributed by atoms with E-state index in [4.69, 9.17) is 23.2 Å². The number of rotatable bonds is 4. The minimum absolute atomic E-state index is 0.246. The molecule has 3 rings (SSSR count). The summed E-state index contributed by atoms with van der Waals surface area (Å²) in [4.78, 5) is 12.1. The van der Waals surface area contributed by atoms with Gasteiger partial charge in [0.1, 0.15) is 10.2 Å². The lowest BCUT2D eigenvalue weighted by atomic mass is 10.1. The largest absolute Gasteiger partial charge is 0.309 e. The number of amides is 1. The molecule has 1 N–H and O–H groups in total. The van der Waals surface area contributed by atoms with Crippen molar-refractivity contribution in [1.82, 2.24) is 9.78 Å². The zero-order chi connectivity index (χ0) is 16.0. The van der Waals surface area contributed by atoms with Gasteiger partial charge in [-0.3, -0.25) is 9.48 Å². The van der Waals surface area contributed by atoms with E-state index in [1.54, 1.807) is 36.0 Å². The fraction of sp³-hybridized carbons (Fsp3) is 0.333. The van der Waals surface area contributed by atoms with E-state index in [0.29, 0.717) is 18.8 Å². The summed E-state index contributed by atoms with van der Waals surface area (Å²) in [6.45, 7) is 2.21. The van der Waals surface area contributed by atoms with Crippen LogP contribution in [0.4, 0.5) is 10.2 Å². The first-order valence-electron chi connectivity index (χ1n) is 6.77. The van der Waals surface area contributed by atoms with Crippen molar-refractivity contribution in [3.63, 3.8) is 0 Å². The molecule has 1 heterocycles. The molecular weight excluding hydrogens is 328 g/mol. The Morgan fingerprint density at radius 2 is 2.00 bits per heavy atom. The number of halogens is 3. The lowest BCUT2D eigenvalue weighted by Crippen LogP contribution is -2.26. The number of hydrogen-bond acceptors (Lipinski definition) is 2. The first-order valence-corrected chi connectivity index (χ1v) is 7.53. The fourth-order valence-corrected chi connectivity index (χ4v) is 2.90. The van der Waals surface area contributed by atoms with Gasteiger partial charge in [-0.1, -0.05) is 12.1 Å². The molecular formula is C15H14Cl2FN3O. The lowest BCUT2D eigenvalue weighted by Gasteiger charge is -2.10.